The molecule has 0 spiro atoms. The first-order valence-electron chi connectivity index (χ1n) is 6.54. The molecule has 1 aromatic carbocycles. The van der Waals surface area contributed by atoms with E-state index in [2.05, 4.69) is 0 Å². The van der Waals surface area contributed by atoms with Crippen LogP contribution in [-0.2, 0) is 16.0 Å². The third kappa shape index (κ3) is 1.86. The molecule has 1 fully saturated rings. The van der Waals surface area contributed by atoms with Crippen LogP contribution in [0.2, 0.25) is 0 Å². The molecule has 2 heterocycles. The number of fused-ring (bicyclic) bond motifs is 1. The van der Waals surface area contributed by atoms with Crippen LogP contribution in [-0.4, -0.2) is 25.7 Å². The Morgan fingerprint density at radius 1 is 1.33 bits per heavy atom. The molecule has 1 amide bonds. The lowest BCUT2D eigenvalue weighted by atomic mass is 9.98. The molecule has 0 atom stereocenters. The maximum Gasteiger partial charge on any atom is 0.230 e. The second-order valence-corrected chi connectivity index (χ2v) is 4.97. The number of rotatable bonds is 1. The second kappa shape index (κ2) is 4.61. The van der Waals surface area contributed by atoms with Gasteiger partial charge in [0.1, 0.15) is 0 Å². The normalized spacial score (nSPS) is 19.9. The van der Waals surface area contributed by atoms with Crippen LogP contribution in [0.5, 0.6) is 0 Å². The third-order valence-corrected chi connectivity index (χ3v) is 3.90. The van der Waals surface area contributed by atoms with E-state index in [-0.39, 0.29) is 11.8 Å². The summed E-state index contributed by atoms with van der Waals surface area (Å²) in [5, 5.41) is 0. The van der Waals surface area contributed by atoms with E-state index >= 15 is 0 Å². The molecule has 0 aliphatic carbocycles. The Labute approximate surface area is 107 Å². The number of nitrogens with two attached hydrogens (primary N) is 1. The van der Waals surface area contributed by atoms with E-state index < -0.39 is 0 Å². The average Bonchev–Trinajstić information content (AvgIpc) is 2.84. The van der Waals surface area contributed by atoms with Crippen molar-refractivity contribution in [3.05, 3.63) is 23.8 Å². The van der Waals surface area contributed by atoms with Crippen LogP contribution in [0, 0.1) is 5.92 Å². The number of benzene rings is 1. The van der Waals surface area contributed by atoms with E-state index in [1.54, 1.807) is 0 Å². The quantitative estimate of drug-likeness (QED) is 0.765. The molecule has 96 valence electrons. The highest BCUT2D eigenvalue weighted by Gasteiger charge is 2.31. The van der Waals surface area contributed by atoms with Crippen LogP contribution in [0.25, 0.3) is 0 Å². The van der Waals surface area contributed by atoms with Gasteiger partial charge in [-0.15, -0.1) is 0 Å². The smallest absolute Gasteiger partial charge is 0.230 e. The molecule has 0 aromatic heterocycles. The number of hydrogen-bond acceptors (Lipinski definition) is 3. The van der Waals surface area contributed by atoms with Crippen molar-refractivity contribution in [2.24, 2.45) is 5.92 Å². The third-order valence-electron chi connectivity index (χ3n) is 3.90. The summed E-state index contributed by atoms with van der Waals surface area (Å²) in [5.41, 5.74) is 8.88. The summed E-state index contributed by atoms with van der Waals surface area (Å²) in [6.45, 7) is 2.17. The monoisotopic (exact) mass is 246 g/mol. The predicted molar refractivity (Wildman–Crippen MR) is 70.5 cm³/mol. The molecule has 2 aliphatic heterocycles. The van der Waals surface area contributed by atoms with Gasteiger partial charge in [-0.2, -0.15) is 0 Å². The van der Waals surface area contributed by atoms with E-state index in [9.17, 15) is 4.79 Å². The van der Waals surface area contributed by atoms with Gasteiger partial charge >= 0.3 is 0 Å². The minimum atomic E-state index is 0.117. The molecule has 0 bridgehead atoms. The van der Waals surface area contributed by atoms with Crippen molar-refractivity contribution in [1.82, 2.24) is 0 Å². The van der Waals surface area contributed by atoms with Gasteiger partial charge in [-0.1, -0.05) is 6.07 Å². The SMILES string of the molecule is Nc1cccc2c1CCN2C(=O)C1CCOCC1. The lowest BCUT2D eigenvalue weighted by Gasteiger charge is -2.26. The molecule has 1 saturated heterocycles. The van der Waals surface area contributed by atoms with Gasteiger partial charge in [0, 0.05) is 42.6 Å². The zero-order valence-corrected chi connectivity index (χ0v) is 10.4. The van der Waals surface area contributed by atoms with Crippen LogP contribution in [0.4, 0.5) is 11.4 Å². The van der Waals surface area contributed by atoms with Crippen LogP contribution >= 0.6 is 0 Å². The zero-order valence-electron chi connectivity index (χ0n) is 10.4. The van der Waals surface area contributed by atoms with E-state index in [0.29, 0.717) is 13.2 Å². The molecule has 0 unspecified atom stereocenters. The lowest BCUT2D eigenvalue weighted by Crippen LogP contribution is -2.37. The highest BCUT2D eigenvalue weighted by molar-refractivity contribution is 5.98. The number of ether oxygens (including phenoxy) is 1. The summed E-state index contributed by atoms with van der Waals surface area (Å²) < 4.78 is 5.31. The van der Waals surface area contributed by atoms with Crippen molar-refractivity contribution in [3.63, 3.8) is 0 Å². The van der Waals surface area contributed by atoms with Crippen LogP contribution in [0.3, 0.4) is 0 Å². The van der Waals surface area contributed by atoms with Gasteiger partial charge in [0.15, 0.2) is 0 Å². The average molecular weight is 246 g/mol. The molecule has 4 nitrogen and oxygen atoms in total. The van der Waals surface area contributed by atoms with Crippen molar-refractivity contribution in [2.45, 2.75) is 19.3 Å². The number of nitrogen functional groups attached to an aromatic ring is 1. The minimum Gasteiger partial charge on any atom is -0.398 e. The van der Waals surface area contributed by atoms with Crippen molar-refractivity contribution in [3.8, 4) is 0 Å². The van der Waals surface area contributed by atoms with Crippen molar-refractivity contribution in [2.75, 3.05) is 30.4 Å². The molecule has 0 radical (unpaired) electrons. The van der Waals surface area contributed by atoms with E-state index in [1.807, 2.05) is 23.1 Å². The molecular weight excluding hydrogens is 228 g/mol. The van der Waals surface area contributed by atoms with Gasteiger partial charge in [0.25, 0.3) is 0 Å². The highest BCUT2D eigenvalue weighted by Crippen LogP contribution is 2.34. The van der Waals surface area contributed by atoms with Gasteiger partial charge in [-0.3, -0.25) is 4.79 Å². The second-order valence-electron chi connectivity index (χ2n) is 4.97. The van der Waals surface area contributed by atoms with Crippen LogP contribution in [0.15, 0.2) is 18.2 Å². The molecule has 2 N–H and O–H groups in total. The molecular formula is C14H18N2O2. The molecule has 18 heavy (non-hydrogen) atoms. The summed E-state index contributed by atoms with van der Waals surface area (Å²) in [6, 6.07) is 5.82. The van der Waals surface area contributed by atoms with Gasteiger partial charge in [-0.05, 0) is 31.4 Å². The summed E-state index contributed by atoms with van der Waals surface area (Å²) >= 11 is 0. The minimum absolute atomic E-state index is 0.117. The van der Waals surface area contributed by atoms with Crippen molar-refractivity contribution >= 4 is 17.3 Å². The fraction of sp³-hybridized carbons (Fsp3) is 0.500. The van der Waals surface area contributed by atoms with Gasteiger partial charge in [0.2, 0.25) is 5.91 Å². The molecule has 2 aliphatic rings. The van der Waals surface area contributed by atoms with Crippen LogP contribution < -0.4 is 10.6 Å². The van der Waals surface area contributed by atoms with Gasteiger partial charge in [-0.25, -0.2) is 0 Å². The fourth-order valence-electron chi connectivity index (χ4n) is 2.86. The summed E-state index contributed by atoms with van der Waals surface area (Å²) in [4.78, 5) is 14.4. The summed E-state index contributed by atoms with van der Waals surface area (Å²) in [7, 11) is 0. The number of amides is 1. The Bertz CT molecular complexity index is 467. The maximum absolute atomic E-state index is 12.5. The molecule has 1 aromatic rings. The van der Waals surface area contributed by atoms with Crippen molar-refractivity contribution in [1.29, 1.82) is 0 Å². The largest absolute Gasteiger partial charge is 0.398 e. The Hall–Kier alpha value is -1.55. The number of anilines is 2. The van der Waals surface area contributed by atoms with Crippen molar-refractivity contribution < 1.29 is 9.53 Å². The first-order chi connectivity index (χ1) is 8.77. The Balaban J connectivity index is 1.83. The lowest BCUT2D eigenvalue weighted by molar-refractivity contribution is -0.125. The first kappa shape index (κ1) is 11.5. The number of hydrogen-bond donors (Lipinski definition) is 1. The topological polar surface area (TPSA) is 55.6 Å². The zero-order chi connectivity index (χ0) is 12.5. The number of nitrogens with zero attached hydrogens (tertiary/aromatic N) is 1. The Morgan fingerprint density at radius 2 is 2.11 bits per heavy atom. The molecule has 4 heteroatoms. The van der Waals surface area contributed by atoms with Gasteiger partial charge in [0.05, 0.1) is 0 Å². The number of carbonyl (C=O) groups excluding carboxylic acids is 1. The first-order valence-corrected chi connectivity index (χ1v) is 6.54. The fourth-order valence-corrected chi connectivity index (χ4v) is 2.86. The van der Waals surface area contributed by atoms with E-state index in [1.165, 1.54) is 0 Å². The predicted octanol–water partition coefficient (Wildman–Crippen LogP) is 1.58. The highest BCUT2D eigenvalue weighted by atomic mass is 16.5. The van der Waals surface area contributed by atoms with E-state index in [4.69, 9.17) is 10.5 Å². The Kier molecular flexibility index (Phi) is 2.96. The Morgan fingerprint density at radius 3 is 2.89 bits per heavy atom. The van der Waals surface area contributed by atoms with Gasteiger partial charge < -0.3 is 15.4 Å². The molecule has 3 rings (SSSR count). The standard InChI is InChI=1S/C14H18N2O2/c15-12-2-1-3-13-11(12)4-7-16(13)14(17)10-5-8-18-9-6-10/h1-3,10H,4-9,15H2. The summed E-state index contributed by atoms with van der Waals surface area (Å²) in [6.07, 6.45) is 2.55. The van der Waals surface area contributed by atoms with E-state index in [0.717, 1.165) is 42.7 Å². The van der Waals surface area contributed by atoms with Crippen LogP contribution in [0.1, 0.15) is 18.4 Å². The maximum atomic E-state index is 12.5. The summed E-state index contributed by atoms with van der Waals surface area (Å²) in [5.74, 6) is 0.355. The molecule has 0 saturated carbocycles. The number of carbonyl (C=O) groups is 1.